The first-order valence-corrected chi connectivity index (χ1v) is 11.3. The summed E-state index contributed by atoms with van der Waals surface area (Å²) in [6.07, 6.45) is 4.86. The first-order chi connectivity index (χ1) is 14.5. The first-order valence-electron chi connectivity index (χ1n) is 10.9. The van der Waals surface area contributed by atoms with E-state index in [0.29, 0.717) is 36.0 Å². The van der Waals surface area contributed by atoms with Gasteiger partial charge in [0.05, 0.1) is 17.8 Å². The van der Waals surface area contributed by atoms with E-state index in [4.69, 9.17) is 11.6 Å². The summed E-state index contributed by atoms with van der Waals surface area (Å²) in [6.45, 7) is 5.29. The van der Waals surface area contributed by atoms with Crippen LogP contribution >= 0.6 is 11.6 Å². The van der Waals surface area contributed by atoms with Crippen molar-refractivity contribution >= 4 is 23.4 Å². The molecule has 0 spiro atoms. The zero-order valence-electron chi connectivity index (χ0n) is 17.5. The van der Waals surface area contributed by atoms with Crippen LogP contribution < -0.4 is 0 Å². The second kappa shape index (κ2) is 9.21. The van der Waals surface area contributed by atoms with Gasteiger partial charge in [0, 0.05) is 32.1 Å². The minimum atomic E-state index is -0.0827. The molecule has 2 amide bonds. The number of nitrogens with zero attached hydrogens (tertiary/aromatic N) is 4. The minimum absolute atomic E-state index is 0.0320. The van der Waals surface area contributed by atoms with Crippen LogP contribution in [0.5, 0.6) is 0 Å². The standard InChI is InChI=1S/C23H29ClN4O2/c1-17-20(21(24)28(25-17)16-18-8-4-2-5-9-18)23(30)27-14-10-19(11-15-27)22(29)26-12-6-3-7-13-26/h2,4-5,8-9,19H,3,6-7,10-16H2,1H3. The first kappa shape index (κ1) is 20.9. The van der Waals surface area contributed by atoms with Gasteiger partial charge in [0.2, 0.25) is 5.91 Å². The highest BCUT2D eigenvalue weighted by Gasteiger charge is 2.33. The fraction of sp³-hybridized carbons (Fsp3) is 0.522. The van der Waals surface area contributed by atoms with Gasteiger partial charge in [-0.05, 0) is 44.6 Å². The summed E-state index contributed by atoms with van der Waals surface area (Å²) in [7, 11) is 0. The number of likely N-dealkylation sites (tertiary alicyclic amines) is 2. The number of hydrogen-bond acceptors (Lipinski definition) is 3. The maximum absolute atomic E-state index is 13.2. The zero-order valence-corrected chi connectivity index (χ0v) is 18.3. The lowest BCUT2D eigenvalue weighted by Gasteiger charge is -2.35. The van der Waals surface area contributed by atoms with Crippen molar-refractivity contribution in [2.75, 3.05) is 26.2 Å². The Labute approximate surface area is 182 Å². The number of aromatic nitrogens is 2. The molecule has 2 saturated heterocycles. The third-order valence-electron chi connectivity index (χ3n) is 6.25. The molecule has 160 valence electrons. The molecule has 3 heterocycles. The van der Waals surface area contributed by atoms with E-state index in [0.717, 1.165) is 44.3 Å². The molecule has 0 saturated carbocycles. The van der Waals surface area contributed by atoms with Crippen LogP contribution in [0.2, 0.25) is 5.15 Å². The Morgan fingerprint density at radius 2 is 1.67 bits per heavy atom. The van der Waals surface area contributed by atoms with Crippen molar-refractivity contribution in [1.82, 2.24) is 19.6 Å². The van der Waals surface area contributed by atoms with Crippen LogP contribution in [-0.2, 0) is 11.3 Å². The van der Waals surface area contributed by atoms with Crippen molar-refractivity contribution in [3.05, 3.63) is 52.3 Å². The molecule has 1 aromatic heterocycles. The lowest BCUT2D eigenvalue weighted by atomic mass is 9.94. The number of carbonyl (C=O) groups is 2. The molecular weight excluding hydrogens is 400 g/mol. The van der Waals surface area contributed by atoms with Gasteiger partial charge in [0.15, 0.2) is 0 Å². The molecule has 7 heteroatoms. The fourth-order valence-corrected chi connectivity index (χ4v) is 4.83. The van der Waals surface area contributed by atoms with Gasteiger partial charge < -0.3 is 9.80 Å². The monoisotopic (exact) mass is 428 g/mol. The van der Waals surface area contributed by atoms with Gasteiger partial charge in [-0.15, -0.1) is 0 Å². The van der Waals surface area contributed by atoms with E-state index >= 15 is 0 Å². The van der Waals surface area contributed by atoms with Crippen LogP contribution in [-0.4, -0.2) is 57.6 Å². The summed E-state index contributed by atoms with van der Waals surface area (Å²) in [5.74, 6) is 0.219. The van der Waals surface area contributed by atoms with Crippen molar-refractivity contribution in [3.63, 3.8) is 0 Å². The quantitative estimate of drug-likeness (QED) is 0.745. The van der Waals surface area contributed by atoms with Crippen molar-refractivity contribution in [2.24, 2.45) is 5.92 Å². The molecule has 2 aromatic rings. The maximum atomic E-state index is 13.2. The van der Waals surface area contributed by atoms with Crippen LogP contribution in [0.3, 0.4) is 0 Å². The van der Waals surface area contributed by atoms with Crippen LogP contribution in [0.4, 0.5) is 0 Å². The van der Waals surface area contributed by atoms with Crippen LogP contribution in [0.25, 0.3) is 0 Å². The average molecular weight is 429 g/mol. The Balaban J connectivity index is 1.40. The lowest BCUT2D eigenvalue weighted by Crippen LogP contribution is -2.45. The number of carbonyl (C=O) groups excluding carboxylic acids is 2. The number of piperidine rings is 2. The lowest BCUT2D eigenvalue weighted by molar-refractivity contribution is -0.137. The second-order valence-electron chi connectivity index (χ2n) is 8.35. The summed E-state index contributed by atoms with van der Waals surface area (Å²) < 4.78 is 1.69. The molecule has 30 heavy (non-hydrogen) atoms. The molecule has 4 rings (SSSR count). The summed E-state index contributed by atoms with van der Waals surface area (Å²) >= 11 is 6.57. The van der Waals surface area contributed by atoms with Gasteiger partial charge in [0.1, 0.15) is 5.15 Å². The second-order valence-corrected chi connectivity index (χ2v) is 8.70. The number of rotatable bonds is 4. The smallest absolute Gasteiger partial charge is 0.258 e. The van der Waals surface area contributed by atoms with Gasteiger partial charge >= 0.3 is 0 Å². The normalized spacial score (nSPS) is 17.9. The molecule has 1 aromatic carbocycles. The fourth-order valence-electron chi connectivity index (χ4n) is 4.52. The molecule has 0 aliphatic carbocycles. The highest BCUT2D eigenvalue weighted by molar-refractivity contribution is 6.33. The SMILES string of the molecule is Cc1nn(Cc2ccccc2)c(Cl)c1C(=O)N1CCC(C(=O)N2CCCCC2)CC1. The molecule has 6 nitrogen and oxygen atoms in total. The molecule has 2 aliphatic heterocycles. The van der Waals surface area contributed by atoms with Gasteiger partial charge in [-0.1, -0.05) is 41.9 Å². The molecule has 0 bridgehead atoms. The molecule has 0 atom stereocenters. The van der Waals surface area contributed by atoms with Crippen LogP contribution in [0.15, 0.2) is 30.3 Å². The Hall–Kier alpha value is -2.34. The van der Waals surface area contributed by atoms with Gasteiger partial charge in [-0.2, -0.15) is 5.10 Å². The van der Waals surface area contributed by atoms with Crippen molar-refractivity contribution < 1.29 is 9.59 Å². The van der Waals surface area contributed by atoms with E-state index in [-0.39, 0.29) is 17.7 Å². The topological polar surface area (TPSA) is 58.4 Å². The minimum Gasteiger partial charge on any atom is -0.342 e. The summed E-state index contributed by atoms with van der Waals surface area (Å²) in [6, 6.07) is 9.94. The molecule has 2 fully saturated rings. The highest BCUT2D eigenvalue weighted by atomic mass is 35.5. The van der Waals surface area contributed by atoms with E-state index in [1.807, 2.05) is 47.1 Å². The number of aryl methyl sites for hydroxylation is 1. The largest absolute Gasteiger partial charge is 0.342 e. The number of halogens is 1. The molecule has 0 unspecified atom stereocenters. The van der Waals surface area contributed by atoms with Gasteiger partial charge in [-0.25, -0.2) is 4.68 Å². The van der Waals surface area contributed by atoms with E-state index in [1.165, 1.54) is 6.42 Å². The van der Waals surface area contributed by atoms with Gasteiger partial charge in [0.25, 0.3) is 5.91 Å². The Morgan fingerprint density at radius 1 is 1.00 bits per heavy atom. The van der Waals surface area contributed by atoms with Crippen molar-refractivity contribution in [2.45, 2.75) is 45.6 Å². The molecule has 2 aliphatic rings. The highest BCUT2D eigenvalue weighted by Crippen LogP contribution is 2.27. The van der Waals surface area contributed by atoms with Crippen LogP contribution in [0.1, 0.15) is 53.7 Å². The number of amides is 2. The van der Waals surface area contributed by atoms with E-state index < -0.39 is 0 Å². The molecule has 0 N–H and O–H groups in total. The Morgan fingerprint density at radius 3 is 2.33 bits per heavy atom. The zero-order chi connectivity index (χ0) is 21.1. The van der Waals surface area contributed by atoms with E-state index in [2.05, 4.69) is 5.10 Å². The molecular formula is C23H29ClN4O2. The predicted molar refractivity (Wildman–Crippen MR) is 117 cm³/mol. The third kappa shape index (κ3) is 4.38. The van der Waals surface area contributed by atoms with Gasteiger partial charge in [-0.3, -0.25) is 9.59 Å². The van der Waals surface area contributed by atoms with Crippen molar-refractivity contribution in [3.8, 4) is 0 Å². The van der Waals surface area contributed by atoms with Crippen LogP contribution in [0, 0.1) is 12.8 Å². The summed E-state index contributed by atoms with van der Waals surface area (Å²) in [4.78, 5) is 29.8. The van der Waals surface area contributed by atoms with Crippen molar-refractivity contribution in [1.29, 1.82) is 0 Å². The number of benzene rings is 1. The number of hydrogen-bond donors (Lipinski definition) is 0. The summed E-state index contributed by atoms with van der Waals surface area (Å²) in [5, 5.41) is 4.88. The Kier molecular flexibility index (Phi) is 6.42. The molecule has 0 radical (unpaired) electrons. The third-order valence-corrected chi connectivity index (χ3v) is 6.64. The maximum Gasteiger partial charge on any atom is 0.258 e. The predicted octanol–water partition coefficient (Wildman–Crippen LogP) is 3.76. The average Bonchev–Trinajstić information content (AvgIpc) is 3.07. The van der Waals surface area contributed by atoms with E-state index in [9.17, 15) is 9.59 Å². The van der Waals surface area contributed by atoms with E-state index in [1.54, 1.807) is 4.68 Å². The summed E-state index contributed by atoms with van der Waals surface area (Å²) in [5.41, 5.74) is 2.21. The Bertz CT molecular complexity index is 897.